The maximum Gasteiger partial charge on any atom is 0.254 e. The predicted molar refractivity (Wildman–Crippen MR) is 106 cm³/mol. The minimum Gasteiger partial charge on any atom is -0.486 e. The minimum absolute atomic E-state index is 0.0263. The van der Waals surface area contributed by atoms with Gasteiger partial charge in [-0.2, -0.15) is 0 Å². The number of benzene rings is 1. The normalized spacial score (nSPS) is 16.4. The summed E-state index contributed by atoms with van der Waals surface area (Å²) >= 11 is 0. The van der Waals surface area contributed by atoms with Gasteiger partial charge in [0.25, 0.3) is 5.91 Å². The molecule has 1 fully saturated rings. The summed E-state index contributed by atoms with van der Waals surface area (Å²) in [4.78, 5) is 26.3. The van der Waals surface area contributed by atoms with Crippen molar-refractivity contribution in [2.24, 2.45) is 0 Å². The largest absolute Gasteiger partial charge is 0.486 e. The standard InChI is InChI=1S/C21H26N4O3/c1-14(2)20-22-15(3)12-19(23-20)24-6-8-25(9-7-24)21(26)16-4-5-17-18(13-16)28-11-10-27-17/h4-5,12-14H,6-11H2,1-3H3. The highest BCUT2D eigenvalue weighted by atomic mass is 16.6. The first kappa shape index (κ1) is 18.5. The van der Waals surface area contributed by atoms with Crippen LogP contribution in [0.5, 0.6) is 11.5 Å². The lowest BCUT2D eigenvalue weighted by molar-refractivity contribution is 0.0745. The lowest BCUT2D eigenvalue weighted by Crippen LogP contribution is -2.49. The Morgan fingerprint density at radius 2 is 1.71 bits per heavy atom. The minimum atomic E-state index is 0.0263. The molecular formula is C21H26N4O3. The summed E-state index contributed by atoms with van der Waals surface area (Å²) in [6.07, 6.45) is 0. The van der Waals surface area contributed by atoms with Gasteiger partial charge in [-0.15, -0.1) is 0 Å². The van der Waals surface area contributed by atoms with Crippen molar-refractivity contribution in [2.75, 3.05) is 44.3 Å². The Labute approximate surface area is 165 Å². The van der Waals surface area contributed by atoms with Crippen LogP contribution in [0.25, 0.3) is 0 Å². The number of piperazine rings is 1. The van der Waals surface area contributed by atoms with E-state index in [0.29, 0.717) is 43.4 Å². The number of ether oxygens (including phenoxy) is 2. The summed E-state index contributed by atoms with van der Waals surface area (Å²) in [5.74, 6) is 3.48. The van der Waals surface area contributed by atoms with Gasteiger partial charge >= 0.3 is 0 Å². The van der Waals surface area contributed by atoms with Gasteiger partial charge in [-0.1, -0.05) is 13.8 Å². The van der Waals surface area contributed by atoms with Gasteiger partial charge in [-0.25, -0.2) is 9.97 Å². The molecule has 148 valence electrons. The summed E-state index contributed by atoms with van der Waals surface area (Å²) in [5.41, 5.74) is 1.61. The van der Waals surface area contributed by atoms with Crippen LogP contribution < -0.4 is 14.4 Å². The van der Waals surface area contributed by atoms with E-state index < -0.39 is 0 Å². The molecule has 0 atom stereocenters. The van der Waals surface area contributed by atoms with Crippen LogP contribution in [0.3, 0.4) is 0 Å². The van der Waals surface area contributed by atoms with E-state index in [0.717, 1.165) is 30.4 Å². The van der Waals surface area contributed by atoms with Crippen molar-refractivity contribution in [2.45, 2.75) is 26.7 Å². The summed E-state index contributed by atoms with van der Waals surface area (Å²) in [7, 11) is 0. The molecule has 1 aromatic heterocycles. The number of fused-ring (bicyclic) bond motifs is 1. The number of nitrogens with zero attached hydrogens (tertiary/aromatic N) is 4. The highest BCUT2D eigenvalue weighted by molar-refractivity contribution is 5.95. The van der Waals surface area contributed by atoms with Crippen LogP contribution in [-0.2, 0) is 0 Å². The Morgan fingerprint density at radius 1 is 1.00 bits per heavy atom. The number of hydrogen-bond donors (Lipinski definition) is 0. The first-order chi connectivity index (χ1) is 13.5. The molecule has 1 saturated heterocycles. The number of amides is 1. The number of carbonyl (C=O) groups excluding carboxylic acids is 1. The molecule has 0 bridgehead atoms. The van der Waals surface area contributed by atoms with Crippen molar-refractivity contribution in [3.05, 3.63) is 41.3 Å². The van der Waals surface area contributed by atoms with Gasteiger partial charge in [0.1, 0.15) is 24.9 Å². The van der Waals surface area contributed by atoms with E-state index >= 15 is 0 Å². The van der Waals surface area contributed by atoms with E-state index in [9.17, 15) is 4.79 Å². The van der Waals surface area contributed by atoms with E-state index in [1.54, 1.807) is 6.07 Å². The molecule has 2 aliphatic heterocycles. The summed E-state index contributed by atoms with van der Waals surface area (Å²) in [5, 5.41) is 0. The summed E-state index contributed by atoms with van der Waals surface area (Å²) in [6.45, 7) is 10.1. The van der Waals surface area contributed by atoms with Crippen molar-refractivity contribution in [3.8, 4) is 11.5 Å². The Hall–Kier alpha value is -2.83. The molecule has 2 aliphatic rings. The second-order valence-electron chi connectivity index (χ2n) is 7.52. The predicted octanol–water partition coefficient (Wildman–Crippen LogP) is 2.64. The number of rotatable bonds is 3. The molecule has 4 rings (SSSR count). The molecule has 0 saturated carbocycles. The van der Waals surface area contributed by atoms with Crippen LogP contribution in [0.15, 0.2) is 24.3 Å². The number of aromatic nitrogens is 2. The van der Waals surface area contributed by atoms with Gasteiger partial charge in [-0.3, -0.25) is 4.79 Å². The fourth-order valence-electron chi connectivity index (χ4n) is 3.49. The lowest BCUT2D eigenvalue weighted by Gasteiger charge is -2.35. The van der Waals surface area contributed by atoms with Gasteiger partial charge in [0.15, 0.2) is 11.5 Å². The second kappa shape index (κ2) is 7.66. The maximum atomic E-state index is 12.9. The monoisotopic (exact) mass is 382 g/mol. The Morgan fingerprint density at radius 3 is 2.43 bits per heavy atom. The van der Waals surface area contributed by atoms with Crippen LogP contribution in [0, 0.1) is 6.92 Å². The van der Waals surface area contributed by atoms with Gasteiger partial charge in [-0.05, 0) is 25.1 Å². The van der Waals surface area contributed by atoms with E-state index in [2.05, 4.69) is 23.7 Å². The highest BCUT2D eigenvalue weighted by Crippen LogP contribution is 2.31. The Balaban J connectivity index is 1.43. The molecular weight excluding hydrogens is 356 g/mol. The second-order valence-corrected chi connectivity index (χ2v) is 7.52. The fourth-order valence-corrected chi connectivity index (χ4v) is 3.49. The molecule has 0 N–H and O–H groups in total. The zero-order valence-corrected chi connectivity index (χ0v) is 16.6. The molecule has 0 unspecified atom stereocenters. The average Bonchev–Trinajstić information content (AvgIpc) is 2.72. The van der Waals surface area contributed by atoms with Crippen LogP contribution >= 0.6 is 0 Å². The van der Waals surface area contributed by atoms with E-state index in [-0.39, 0.29) is 11.8 Å². The lowest BCUT2D eigenvalue weighted by atomic mass is 10.1. The van der Waals surface area contributed by atoms with Crippen LogP contribution in [0.2, 0.25) is 0 Å². The molecule has 28 heavy (non-hydrogen) atoms. The van der Waals surface area contributed by atoms with Crippen molar-refractivity contribution in [1.82, 2.24) is 14.9 Å². The Kier molecular flexibility index (Phi) is 5.07. The zero-order chi connectivity index (χ0) is 19.7. The Bertz CT molecular complexity index is 876. The van der Waals surface area contributed by atoms with Gasteiger partial charge < -0.3 is 19.3 Å². The highest BCUT2D eigenvalue weighted by Gasteiger charge is 2.25. The number of anilines is 1. The smallest absolute Gasteiger partial charge is 0.254 e. The van der Waals surface area contributed by atoms with E-state index in [1.165, 1.54) is 0 Å². The van der Waals surface area contributed by atoms with E-state index in [4.69, 9.17) is 14.5 Å². The number of hydrogen-bond acceptors (Lipinski definition) is 6. The van der Waals surface area contributed by atoms with Crippen molar-refractivity contribution >= 4 is 11.7 Å². The molecule has 0 spiro atoms. The third-order valence-electron chi connectivity index (χ3n) is 5.05. The fraction of sp³-hybridized carbons (Fsp3) is 0.476. The molecule has 7 nitrogen and oxygen atoms in total. The molecule has 0 aliphatic carbocycles. The SMILES string of the molecule is Cc1cc(N2CCN(C(=O)c3ccc4c(c3)OCCO4)CC2)nc(C(C)C)n1. The third-order valence-corrected chi connectivity index (χ3v) is 5.05. The molecule has 7 heteroatoms. The van der Waals surface area contributed by atoms with Gasteiger partial charge in [0.05, 0.1) is 0 Å². The maximum absolute atomic E-state index is 12.9. The van der Waals surface area contributed by atoms with Gasteiger partial charge in [0.2, 0.25) is 0 Å². The summed E-state index contributed by atoms with van der Waals surface area (Å²) in [6, 6.07) is 7.43. The van der Waals surface area contributed by atoms with Crippen molar-refractivity contribution < 1.29 is 14.3 Å². The van der Waals surface area contributed by atoms with Crippen LogP contribution in [0.1, 0.15) is 41.6 Å². The molecule has 2 aromatic rings. The molecule has 1 aromatic carbocycles. The van der Waals surface area contributed by atoms with Crippen molar-refractivity contribution in [1.29, 1.82) is 0 Å². The average molecular weight is 382 g/mol. The first-order valence-electron chi connectivity index (χ1n) is 9.81. The summed E-state index contributed by atoms with van der Waals surface area (Å²) < 4.78 is 11.1. The molecule has 0 radical (unpaired) electrons. The molecule has 3 heterocycles. The van der Waals surface area contributed by atoms with Crippen molar-refractivity contribution in [3.63, 3.8) is 0 Å². The third kappa shape index (κ3) is 3.74. The number of carbonyl (C=O) groups is 1. The topological polar surface area (TPSA) is 67.8 Å². The quantitative estimate of drug-likeness (QED) is 0.813. The zero-order valence-electron chi connectivity index (χ0n) is 16.6. The van der Waals surface area contributed by atoms with Gasteiger partial charge in [0, 0.05) is 49.4 Å². The number of aryl methyl sites for hydroxylation is 1. The first-order valence-corrected chi connectivity index (χ1v) is 9.81. The van der Waals surface area contributed by atoms with E-state index in [1.807, 2.05) is 30.0 Å². The van der Waals surface area contributed by atoms with Crippen LogP contribution in [-0.4, -0.2) is 60.2 Å². The molecule has 1 amide bonds. The van der Waals surface area contributed by atoms with Crippen LogP contribution in [0.4, 0.5) is 5.82 Å².